The first-order chi connectivity index (χ1) is 15.6. The lowest BCUT2D eigenvalue weighted by Gasteiger charge is -2.15. The summed E-state index contributed by atoms with van der Waals surface area (Å²) in [6, 6.07) is 22.2. The zero-order chi connectivity index (χ0) is 22.2. The van der Waals surface area contributed by atoms with Crippen LogP contribution in [0.15, 0.2) is 77.6 Å². The summed E-state index contributed by atoms with van der Waals surface area (Å²) in [6.45, 7) is 2.49. The lowest BCUT2D eigenvalue weighted by atomic mass is 10.1. The van der Waals surface area contributed by atoms with Crippen molar-refractivity contribution in [3.8, 4) is 11.4 Å². The first-order valence-electron chi connectivity index (χ1n) is 10.4. The number of fused-ring (bicyclic) bond motifs is 2. The normalized spacial score (nSPS) is 14.2. The molecule has 0 atom stereocenters. The van der Waals surface area contributed by atoms with Gasteiger partial charge < -0.3 is 9.64 Å². The molecule has 0 bridgehead atoms. The number of anilines is 1. The molecule has 0 radical (unpaired) electrons. The van der Waals surface area contributed by atoms with Gasteiger partial charge in [-0.05, 0) is 43.3 Å². The van der Waals surface area contributed by atoms with Gasteiger partial charge in [-0.15, -0.1) is 0 Å². The van der Waals surface area contributed by atoms with Crippen LogP contribution in [0, 0.1) is 0 Å². The van der Waals surface area contributed by atoms with Gasteiger partial charge in [-0.1, -0.05) is 42.5 Å². The molecule has 5 rings (SSSR count). The molecule has 6 nitrogen and oxygen atoms in total. The number of methoxy groups -OCH3 is 1. The van der Waals surface area contributed by atoms with E-state index in [2.05, 4.69) is 0 Å². The summed E-state index contributed by atoms with van der Waals surface area (Å²) in [5.41, 5.74) is 3.11. The number of amides is 1. The number of carbonyl (C=O) groups is 1. The van der Waals surface area contributed by atoms with Gasteiger partial charge in [0.2, 0.25) is 0 Å². The van der Waals surface area contributed by atoms with Gasteiger partial charge in [-0.25, -0.2) is 4.98 Å². The quantitative estimate of drug-likeness (QED) is 0.459. The Hall–Kier alpha value is -4.19. The van der Waals surface area contributed by atoms with E-state index in [1.54, 1.807) is 36.3 Å². The number of nitrogens with zero attached hydrogens (tertiary/aromatic N) is 3. The van der Waals surface area contributed by atoms with Gasteiger partial charge in [0.15, 0.2) is 0 Å². The summed E-state index contributed by atoms with van der Waals surface area (Å²) in [4.78, 5) is 33.3. The molecule has 0 N–H and O–H groups in total. The van der Waals surface area contributed by atoms with Crippen molar-refractivity contribution in [3.05, 3.63) is 94.5 Å². The minimum Gasteiger partial charge on any atom is -0.495 e. The summed E-state index contributed by atoms with van der Waals surface area (Å²) in [6.07, 6.45) is 1.71. The van der Waals surface area contributed by atoms with Gasteiger partial charge in [0.25, 0.3) is 11.5 Å². The van der Waals surface area contributed by atoms with E-state index in [4.69, 9.17) is 9.72 Å². The Morgan fingerprint density at radius 1 is 0.906 bits per heavy atom. The molecule has 0 saturated carbocycles. The first-order valence-corrected chi connectivity index (χ1v) is 10.4. The highest BCUT2D eigenvalue weighted by molar-refractivity contribution is 6.35. The molecule has 1 aromatic heterocycles. The number of ether oxygens (including phenoxy) is 1. The number of rotatable bonds is 4. The first kappa shape index (κ1) is 19.8. The van der Waals surface area contributed by atoms with E-state index in [0.29, 0.717) is 40.3 Å². The molecule has 0 aliphatic carbocycles. The van der Waals surface area contributed by atoms with Gasteiger partial charge in [-0.2, -0.15) is 0 Å². The SMILES string of the molecule is CCN1C(=O)/C(=C/c2nc3ccccc3c(=O)n2-c2ccccc2OC)c2ccccc21. The molecule has 32 heavy (non-hydrogen) atoms. The molecule has 2 heterocycles. The molecule has 1 aliphatic heterocycles. The average molecular weight is 423 g/mol. The van der Waals surface area contributed by atoms with Gasteiger partial charge in [0.05, 0.1) is 35.0 Å². The van der Waals surface area contributed by atoms with Crippen molar-refractivity contribution in [1.29, 1.82) is 0 Å². The van der Waals surface area contributed by atoms with Crippen molar-refractivity contribution in [2.24, 2.45) is 0 Å². The predicted molar refractivity (Wildman–Crippen MR) is 126 cm³/mol. The van der Waals surface area contributed by atoms with Crippen LogP contribution in [0.5, 0.6) is 5.75 Å². The Morgan fingerprint density at radius 2 is 1.59 bits per heavy atom. The van der Waals surface area contributed by atoms with E-state index in [9.17, 15) is 9.59 Å². The van der Waals surface area contributed by atoms with Crippen LogP contribution in [0.25, 0.3) is 28.2 Å². The molecule has 0 unspecified atom stereocenters. The van der Waals surface area contributed by atoms with E-state index >= 15 is 0 Å². The molecule has 4 aromatic rings. The monoisotopic (exact) mass is 423 g/mol. The van der Waals surface area contributed by atoms with Gasteiger partial charge in [-0.3, -0.25) is 14.2 Å². The summed E-state index contributed by atoms with van der Waals surface area (Å²) < 4.78 is 7.03. The van der Waals surface area contributed by atoms with Crippen molar-refractivity contribution >= 4 is 34.1 Å². The highest BCUT2D eigenvalue weighted by Gasteiger charge is 2.31. The third-order valence-electron chi connectivity index (χ3n) is 5.68. The second-order valence-electron chi connectivity index (χ2n) is 7.42. The Balaban J connectivity index is 1.84. The molecule has 3 aromatic carbocycles. The summed E-state index contributed by atoms with van der Waals surface area (Å²) >= 11 is 0. The Kier molecular flexibility index (Phi) is 4.82. The average Bonchev–Trinajstić information content (AvgIpc) is 3.10. The highest BCUT2D eigenvalue weighted by Crippen LogP contribution is 2.37. The second-order valence-corrected chi connectivity index (χ2v) is 7.42. The van der Waals surface area contributed by atoms with Crippen LogP contribution in [0.1, 0.15) is 18.3 Å². The standard InChI is InChI=1S/C26H21N3O3/c1-3-28-21-13-7-5-10-17(21)19(25(28)30)16-24-27-20-12-6-4-11-18(20)26(31)29(24)22-14-8-9-15-23(22)32-2/h4-16H,3H2,1-2H3/b19-16+. The van der Waals surface area contributed by atoms with Crippen LogP contribution >= 0.6 is 0 Å². The van der Waals surface area contributed by atoms with Crippen LogP contribution in [-0.2, 0) is 4.79 Å². The molecule has 0 fully saturated rings. The van der Waals surface area contributed by atoms with Crippen molar-refractivity contribution in [1.82, 2.24) is 9.55 Å². The van der Waals surface area contributed by atoms with Crippen LogP contribution in [0.2, 0.25) is 0 Å². The fourth-order valence-corrected chi connectivity index (χ4v) is 4.18. The third-order valence-corrected chi connectivity index (χ3v) is 5.68. The molecule has 1 aliphatic rings. The van der Waals surface area contributed by atoms with E-state index in [1.165, 1.54) is 4.57 Å². The maximum atomic E-state index is 13.6. The molecule has 6 heteroatoms. The van der Waals surface area contributed by atoms with Crippen LogP contribution < -0.4 is 15.2 Å². The number of hydrogen-bond acceptors (Lipinski definition) is 4. The maximum Gasteiger partial charge on any atom is 0.266 e. The zero-order valence-electron chi connectivity index (χ0n) is 17.8. The van der Waals surface area contributed by atoms with Crippen molar-refractivity contribution in [2.75, 3.05) is 18.6 Å². The minimum absolute atomic E-state index is 0.109. The van der Waals surface area contributed by atoms with Crippen LogP contribution in [0.3, 0.4) is 0 Å². The van der Waals surface area contributed by atoms with E-state index in [0.717, 1.165) is 11.3 Å². The zero-order valence-corrected chi connectivity index (χ0v) is 17.8. The van der Waals surface area contributed by atoms with E-state index in [1.807, 2.05) is 61.5 Å². The molecule has 1 amide bonds. The molecule has 158 valence electrons. The number of aromatic nitrogens is 2. The van der Waals surface area contributed by atoms with E-state index in [-0.39, 0.29) is 11.5 Å². The Labute approximate surface area is 185 Å². The topological polar surface area (TPSA) is 64.4 Å². The van der Waals surface area contributed by atoms with Gasteiger partial charge in [0.1, 0.15) is 11.6 Å². The van der Waals surface area contributed by atoms with Crippen LogP contribution in [-0.4, -0.2) is 29.1 Å². The van der Waals surface area contributed by atoms with Crippen LogP contribution in [0.4, 0.5) is 5.69 Å². The minimum atomic E-state index is -0.224. The number of carbonyl (C=O) groups excluding carboxylic acids is 1. The van der Waals surface area contributed by atoms with Crippen molar-refractivity contribution < 1.29 is 9.53 Å². The fourth-order valence-electron chi connectivity index (χ4n) is 4.18. The van der Waals surface area contributed by atoms with Gasteiger partial charge >= 0.3 is 0 Å². The number of benzene rings is 3. The largest absolute Gasteiger partial charge is 0.495 e. The van der Waals surface area contributed by atoms with Gasteiger partial charge in [0, 0.05) is 12.1 Å². The van der Waals surface area contributed by atoms with Crippen molar-refractivity contribution in [2.45, 2.75) is 6.92 Å². The number of likely N-dealkylation sites (N-methyl/N-ethyl adjacent to an activating group) is 1. The highest BCUT2D eigenvalue weighted by atomic mass is 16.5. The second kappa shape index (κ2) is 7.81. The maximum absolute atomic E-state index is 13.6. The molecular weight excluding hydrogens is 402 g/mol. The summed E-state index contributed by atoms with van der Waals surface area (Å²) in [5.74, 6) is 0.802. The Bertz CT molecular complexity index is 1450. The van der Waals surface area contributed by atoms with Crippen molar-refractivity contribution in [3.63, 3.8) is 0 Å². The number of hydrogen-bond donors (Lipinski definition) is 0. The lowest BCUT2D eigenvalue weighted by Crippen LogP contribution is -2.26. The fraction of sp³-hybridized carbons (Fsp3) is 0.115. The lowest BCUT2D eigenvalue weighted by molar-refractivity contribution is -0.112. The summed E-state index contributed by atoms with van der Waals surface area (Å²) in [5, 5.41) is 0.494. The molecular formula is C26H21N3O3. The van der Waals surface area contributed by atoms with E-state index < -0.39 is 0 Å². The molecule has 0 saturated heterocycles. The smallest absolute Gasteiger partial charge is 0.266 e. The Morgan fingerprint density at radius 3 is 2.38 bits per heavy atom. The number of para-hydroxylation sites is 4. The predicted octanol–water partition coefficient (Wildman–Crippen LogP) is 4.30. The third kappa shape index (κ3) is 3.00. The summed E-state index contributed by atoms with van der Waals surface area (Å²) in [7, 11) is 1.56. The molecule has 0 spiro atoms.